The third kappa shape index (κ3) is 3.49. The number of nitrogens with zero attached hydrogens (tertiary/aromatic N) is 5. The zero-order valence-electron chi connectivity index (χ0n) is 15.0. The molecule has 0 N–H and O–H groups in total. The topological polar surface area (TPSA) is 58.3 Å². The highest BCUT2D eigenvalue weighted by atomic mass is 16.5. The van der Waals surface area contributed by atoms with Gasteiger partial charge in [0.2, 0.25) is 5.89 Å². The summed E-state index contributed by atoms with van der Waals surface area (Å²) in [5.74, 6) is 2.05. The molecule has 0 spiro atoms. The van der Waals surface area contributed by atoms with Crippen molar-refractivity contribution >= 4 is 0 Å². The van der Waals surface area contributed by atoms with Crippen LogP contribution >= 0.6 is 0 Å². The standard InChI is InChI=1S/C18H27N5O/c1-5-16-20-18(24-21-16)13(2)23(4)12-15-8-10-22(3)17(15)14-7-6-9-19-11-14/h6-7,9,11,13,15,17H,5,8,10,12H2,1-4H3/t13-,15-,17-/m0/s1. The van der Waals surface area contributed by atoms with E-state index in [-0.39, 0.29) is 6.04 Å². The number of hydrogen-bond acceptors (Lipinski definition) is 6. The van der Waals surface area contributed by atoms with Crippen LogP contribution in [0.15, 0.2) is 29.0 Å². The lowest BCUT2D eigenvalue weighted by atomic mass is 9.94. The summed E-state index contributed by atoms with van der Waals surface area (Å²) in [6.07, 6.45) is 5.82. The second-order valence-corrected chi connectivity index (χ2v) is 6.78. The zero-order chi connectivity index (χ0) is 17.1. The largest absolute Gasteiger partial charge is 0.338 e. The van der Waals surface area contributed by atoms with Crippen molar-refractivity contribution < 1.29 is 4.52 Å². The molecule has 0 aliphatic carbocycles. The Bertz CT molecular complexity index is 644. The van der Waals surface area contributed by atoms with Crippen molar-refractivity contribution in [1.29, 1.82) is 0 Å². The number of aromatic nitrogens is 3. The fourth-order valence-corrected chi connectivity index (χ4v) is 3.59. The fourth-order valence-electron chi connectivity index (χ4n) is 3.59. The lowest BCUT2D eigenvalue weighted by Crippen LogP contribution is -2.32. The molecule has 1 aliphatic rings. The van der Waals surface area contributed by atoms with Gasteiger partial charge in [-0.15, -0.1) is 0 Å². The van der Waals surface area contributed by atoms with Crippen molar-refractivity contribution in [2.45, 2.75) is 38.8 Å². The van der Waals surface area contributed by atoms with Gasteiger partial charge in [-0.3, -0.25) is 14.8 Å². The Balaban J connectivity index is 1.69. The normalized spacial score (nSPS) is 23.0. The molecule has 1 saturated heterocycles. The quantitative estimate of drug-likeness (QED) is 0.812. The van der Waals surface area contributed by atoms with Gasteiger partial charge in [-0.1, -0.05) is 18.1 Å². The molecule has 0 bridgehead atoms. The molecule has 0 amide bonds. The van der Waals surface area contributed by atoms with Gasteiger partial charge in [0, 0.05) is 31.4 Å². The average Bonchev–Trinajstić information content (AvgIpc) is 3.22. The number of likely N-dealkylation sites (tertiary alicyclic amines) is 1. The molecular weight excluding hydrogens is 302 g/mol. The highest BCUT2D eigenvalue weighted by Gasteiger charge is 2.34. The lowest BCUT2D eigenvalue weighted by Gasteiger charge is -2.30. The van der Waals surface area contributed by atoms with E-state index >= 15 is 0 Å². The first-order valence-corrected chi connectivity index (χ1v) is 8.73. The minimum absolute atomic E-state index is 0.123. The van der Waals surface area contributed by atoms with Crippen LogP contribution in [0, 0.1) is 5.92 Å². The Hall–Kier alpha value is -1.79. The second-order valence-electron chi connectivity index (χ2n) is 6.78. The fraction of sp³-hybridized carbons (Fsp3) is 0.611. The van der Waals surface area contributed by atoms with E-state index in [0.717, 1.165) is 25.3 Å². The summed E-state index contributed by atoms with van der Waals surface area (Å²) in [6.45, 7) is 6.28. The van der Waals surface area contributed by atoms with E-state index in [0.29, 0.717) is 17.9 Å². The molecule has 0 aromatic carbocycles. The van der Waals surface area contributed by atoms with Crippen molar-refractivity contribution in [3.63, 3.8) is 0 Å². The van der Waals surface area contributed by atoms with E-state index < -0.39 is 0 Å². The first kappa shape index (κ1) is 17.0. The van der Waals surface area contributed by atoms with Crippen LogP contribution in [-0.2, 0) is 6.42 Å². The lowest BCUT2D eigenvalue weighted by molar-refractivity contribution is 0.162. The summed E-state index contributed by atoms with van der Waals surface area (Å²) in [6, 6.07) is 4.75. The monoisotopic (exact) mass is 329 g/mol. The maximum absolute atomic E-state index is 5.41. The van der Waals surface area contributed by atoms with E-state index in [1.54, 1.807) is 0 Å². The molecule has 1 fully saturated rings. The zero-order valence-corrected chi connectivity index (χ0v) is 15.0. The van der Waals surface area contributed by atoms with Gasteiger partial charge < -0.3 is 4.52 Å². The Morgan fingerprint density at radius 3 is 2.96 bits per heavy atom. The third-order valence-corrected chi connectivity index (χ3v) is 5.14. The van der Waals surface area contributed by atoms with E-state index in [4.69, 9.17) is 4.52 Å². The van der Waals surface area contributed by atoms with E-state index in [9.17, 15) is 0 Å². The Morgan fingerprint density at radius 1 is 1.46 bits per heavy atom. The summed E-state index contributed by atoms with van der Waals surface area (Å²) in [5, 5.41) is 4.02. The molecule has 24 heavy (non-hydrogen) atoms. The third-order valence-electron chi connectivity index (χ3n) is 5.14. The first-order chi connectivity index (χ1) is 11.6. The van der Waals surface area contributed by atoms with Gasteiger partial charge in [-0.05, 0) is 51.5 Å². The molecule has 6 heteroatoms. The maximum Gasteiger partial charge on any atom is 0.243 e. The Morgan fingerprint density at radius 2 is 2.29 bits per heavy atom. The van der Waals surface area contributed by atoms with Gasteiger partial charge in [0.05, 0.1) is 6.04 Å². The van der Waals surface area contributed by atoms with Crippen LogP contribution < -0.4 is 0 Å². The second kappa shape index (κ2) is 7.40. The van der Waals surface area contributed by atoms with Crippen LogP contribution in [0.4, 0.5) is 0 Å². The highest BCUT2D eigenvalue weighted by molar-refractivity contribution is 5.17. The van der Waals surface area contributed by atoms with E-state index in [1.165, 1.54) is 12.0 Å². The van der Waals surface area contributed by atoms with Crippen molar-refractivity contribution in [2.75, 3.05) is 27.2 Å². The average molecular weight is 329 g/mol. The molecule has 1 aliphatic heterocycles. The van der Waals surface area contributed by atoms with Gasteiger partial charge in [0.15, 0.2) is 5.82 Å². The Labute approximate surface area is 143 Å². The van der Waals surface area contributed by atoms with Crippen LogP contribution in [0.2, 0.25) is 0 Å². The molecule has 6 nitrogen and oxygen atoms in total. The molecule has 2 aromatic rings. The summed E-state index contributed by atoms with van der Waals surface area (Å²) in [5.41, 5.74) is 1.30. The van der Waals surface area contributed by atoms with E-state index in [1.807, 2.05) is 25.4 Å². The van der Waals surface area contributed by atoms with Crippen LogP contribution in [0.1, 0.15) is 49.6 Å². The molecule has 130 valence electrons. The van der Waals surface area contributed by atoms with Gasteiger partial charge in [-0.25, -0.2) is 0 Å². The summed E-state index contributed by atoms with van der Waals surface area (Å²) < 4.78 is 5.41. The molecule has 0 unspecified atom stereocenters. The number of pyridine rings is 1. The maximum atomic E-state index is 5.41. The van der Waals surface area contributed by atoms with Crippen molar-refractivity contribution in [3.05, 3.63) is 41.8 Å². The molecule has 0 radical (unpaired) electrons. The Kier molecular flexibility index (Phi) is 5.26. The van der Waals surface area contributed by atoms with Crippen LogP contribution in [0.25, 0.3) is 0 Å². The minimum Gasteiger partial charge on any atom is -0.338 e. The van der Waals surface area contributed by atoms with Crippen molar-refractivity contribution in [3.8, 4) is 0 Å². The van der Waals surface area contributed by atoms with Crippen LogP contribution in [-0.4, -0.2) is 52.1 Å². The van der Waals surface area contributed by atoms with Crippen LogP contribution in [0.3, 0.4) is 0 Å². The van der Waals surface area contributed by atoms with Crippen molar-refractivity contribution in [1.82, 2.24) is 24.9 Å². The summed E-state index contributed by atoms with van der Waals surface area (Å²) >= 11 is 0. The molecule has 3 rings (SSSR count). The SMILES string of the molecule is CCc1noc([C@H](C)N(C)C[C@@H]2CCN(C)[C@H]2c2cccnc2)n1. The number of rotatable bonds is 6. The molecular formula is C18H27N5O. The van der Waals surface area contributed by atoms with Gasteiger partial charge in [0.25, 0.3) is 0 Å². The van der Waals surface area contributed by atoms with Crippen LogP contribution in [0.5, 0.6) is 0 Å². The summed E-state index contributed by atoms with van der Waals surface area (Å²) in [7, 11) is 4.34. The molecule has 3 atom stereocenters. The summed E-state index contributed by atoms with van der Waals surface area (Å²) in [4.78, 5) is 13.5. The first-order valence-electron chi connectivity index (χ1n) is 8.73. The number of hydrogen-bond donors (Lipinski definition) is 0. The molecule has 2 aromatic heterocycles. The number of aryl methyl sites for hydroxylation is 1. The minimum atomic E-state index is 0.123. The predicted octanol–water partition coefficient (Wildman–Crippen LogP) is 2.71. The van der Waals surface area contributed by atoms with Gasteiger partial charge in [0.1, 0.15) is 0 Å². The smallest absolute Gasteiger partial charge is 0.243 e. The predicted molar refractivity (Wildman–Crippen MR) is 92.4 cm³/mol. The highest BCUT2D eigenvalue weighted by Crippen LogP contribution is 2.37. The van der Waals surface area contributed by atoms with Crippen molar-refractivity contribution in [2.24, 2.45) is 5.92 Å². The van der Waals surface area contributed by atoms with E-state index in [2.05, 4.69) is 52.0 Å². The van der Waals surface area contributed by atoms with Gasteiger partial charge >= 0.3 is 0 Å². The van der Waals surface area contributed by atoms with Gasteiger partial charge in [-0.2, -0.15) is 4.98 Å². The molecule has 3 heterocycles. The molecule has 0 saturated carbocycles.